The maximum atomic E-state index is 3.51. The monoisotopic (exact) mass is 209 g/mol. The summed E-state index contributed by atoms with van der Waals surface area (Å²) in [7, 11) is 0. The summed E-state index contributed by atoms with van der Waals surface area (Å²) in [6, 6.07) is 0.882. The van der Waals surface area contributed by atoms with E-state index in [1.54, 1.807) is 0 Å². The van der Waals surface area contributed by atoms with Crippen molar-refractivity contribution in [1.82, 2.24) is 15.1 Å². The van der Waals surface area contributed by atoms with Gasteiger partial charge in [-0.05, 0) is 51.4 Å². The summed E-state index contributed by atoms with van der Waals surface area (Å²) < 4.78 is 0. The molecular formula is C12H23N3. The van der Waals surface area contributed by atoms with Gasteiger partial charge in [-0.15, -0.1) is 0 Å². The van der Waals surface area contributed by atoms with Gasteiger partial charge in [0.05, 0.1) is 0 Å². The number of nitrogens with zero attached hydrogens (tertiary/aromatic N) is 2. The number of hydrogen-bond donors (Lipinski definition) is 1. The predicted molar refractivity (Wildman–Crippen MR) is 62.0 cm³/mol. The second kappa shape index (κ2) is 4.40. The summed E-state index contributed by atoms with van der Waals surface area (Å²) in [6.07, 6.45) is 4.24. The number of piperidine rings is 3. The van der Waals surface area contributed by atoms with Crippen LogP contribution >= 0.6 is 0 Å². The van der Waals surface area contributed by atoms with Gasteiger partial charge in [-0.25, -0.2) is 0 Å². The van der Waals surface area contributed by atoms with Crippen LogP contribution in [-0.4, -0.2) is 61.7 Å². The Balaban J connectivity index is 1.65. The largest absolute Gasteiger partial charge is 0.315 e. The first-order valence-corrected chi connectivity index (χ1v) is 6.60. The molecule has 0 radical (unpaired) electrons. The van der Waals surface area contributed by atoms with Crippen LogP contribution < -0.4 is 5.32 Å². The van der Waals surface area contributed by atoms with Crippen LogP contribution in [0.5, 0.6) is 0 Å². The number of hydrogen-bond acceptors (Lipinski definition) is 3. The summed E-state index contributed by atoms with van der Waals surface area (Å²) in [5.74, 6) is 1.01. The average Bonchev–Trinajstić information content (AvgIpc) is 2.59. The highest BCUT2D eigenvalue weighted by molar-refractivity contribution is 4.92. The molecule has 86 valence electrons. The summed E-state index contributed by atoms with van der Waals surface area (Å²) in [4.78, 5) is 5.43. The van der Waals surface area contributed by atoms with Crippen LogP contribution in [0.3, 0.4) is 0 Å². The molecule has 2 bridgehead atoms. The van der Waals surface area contributed by atoms with Crippen molar-refractivity contribution in [3.8, 4) is 0 Å². The fourth-order valence-electron chi connectivity index (χ4n) is 3.55. The van der Waals surface area contributed by atoms with E-state index in [0.717, 1.165) is 12.0 Å². The molecule has 0 aromatic heterocycles. The van der Waals surface area contributed by atoms with Gasteiger partial charge in [0, 0.05) is 25.7 Å². The Morgan fingerprint density at radius 1 is 0.933 bits per heavy atom. The number of rotatable bonds is 1. The zero-order valence-corrected chi connectivity index (χ0v) is 9.62. The molecule has 1 unspecified atom stereocenters. The minimum atomic E-state index is 0.882. The third-order valence-electron chi connectivity index (χ3n) is 4.47. The second-order valence-electron chi connectivity index (χ2n) is 5.34. The maximum absolute atomic E-state index is 3.51. The first-order chi connectivity index (χ1) is 7.43. The van der Waals surface area contributed by atoms with E-state index in [-0.39, 0.29) is 0 Å². The molecule has 4 aliphatic rings. The number of fused-ring (bicyclic) bond motifs is 3. The molecule has 4 heterocycles. The molecule has 0 amide bonds. The standard InChI is InChI=1S/C12H23N3/c1-4-13-5-9-15(6-1)12-10-14-7-2-11(12)3-8-14/h11-13H,1-10H2. The summed E-state index contributed by atoms with van der Waals surface area (Å²) in [6.45, 7) is 9.10. The van der Waals surface area contributed by atoms with Crippen LogP contribution in [0, 0.1) is 5.92 Å². The van der Waals surface area contributed by atoms with E-state index in [2.05, 4.69) is 15.1 Å². The lowest BCUT2D eigenvalue weighted by atomic mass is 9.83. The lowest BCUT2D eigenvalue weighted by molar-refractivity contribution is 0.00806. The number of nitrogens with one attached hydrogen (secondary N) is 1. The quantitative estimate of drug-likeness (QED) is 0.673. The Morgan fingerprint density at radius 2 is 1.80 bits per heavy atom. The average molecular weight is 209 g/mol. The summed E-state index contributed by atoms with van der Waals surface area (Å²) in [5.41, 5.74) is 0. The van der Waals surface area contributed by atoms with Crippen LogP contribution in [0.1, 0.15) is 19.3 Å². The third-order valence-corrected chi connectivity index (χ3v) is 4.47. The van der Waals surface area contributed by atoms with Crippen LogP contribution in [0.25, 0.3) is 0 Å². The van der Waals surface area contributed by atoms with Gasteiger partial charge in [0.1, 0.15) is 0 Å². The molecule has 4 saturated heterocycles. The molecule has 15 heavy (non-hydrogen) atoms. The molecule has 3 nitrogen and oxygen atoms in total. The van der Waals surface area contributed by atoms with Crippen LogP contribution in [0.15, 0.2) is 0 Å². The van der Waals surface area contributed by atoms with Crippen molar-refractivity contribution in [3.63, 3.8) is 0 Å². The van der Waals surface area contributed by atoms with Gasteiger partial charge in [0.25, 0.3) is 0 Å². The van der Waals surface area contributed by atoms with Gasteiger partial charge >= 0.3 is 0 Å². The van der Waals surface area contributed by atoms with E-state index in [0.29, 0.717) is 0 Å². The highest BCUT2D eigenvalue weighted by Gasteiger charge is 2.37. The Kier molecular flexibility index (Phi) is 2.95. The molecule has 0 aromatic rings. The molecule has 1 atom stereocenters. The van der Waals surface area contributed by atoms with Gasteiger partial charge in [0.2, 0.25) is 0 Å². The van der Waals surface area contributed by atoms with E-state index in [1.165, 1.54) is 65.1 Å². The summed E-state index contributed by atoms with van der Waals surface area (Å²) >= 11 is 0. The van der Waals surface area contributed by atoms with E-state index in [9.17, 15) is 0 Å². The molecule has 1 N–H and O–H groups in total. The molecule has 4 rings (SSSR count). The van der Waals surface area contributed by atoms with Crippen molar-refractivity contribution in [1.29, 1.82) is 0 Å². The fraction of sp³-hybridized carbons (Fsp3) is 1.00. The molecule has 4 aliphatic heterocycles. The topological polar surface area (TPSA) is 18.5 Å². The molecule has 0 saturated carbocycles. The Hall–Kier alpha value is -0.120. The molecule has 0 spiro atoms. The first kappa shape index (κ1) is 10.1. The Bertz CT molecular complexity index is 203. The molecule has 0 aromatic carbocycles. The Morgan fingerprint density at radius 3 is 2.53 bits per heavy atom. The first-order valence-electron chi connectivity index (χ1n) is 6.60. The van der Waals surface area contributed by atoms with Gasteiger partial charge in [-0.3, -0.25) is 4.90 Å². The maximum Gasteiger partial charge on any atom is 0.0252 e. The molecule has 4 fully saturated rings. The minimum Gasteiger partial charge on any atom is -0.315 e. The predicted octanol–water partition coefficient (Wildman–Crippen LogP) is 0.376. The fourth-order valence-corrected chi connectivity index (χ4v) is 3.55. The lowest BCUT2D eigenvalue weighted by Crippen LogP contribution is -2.57. The van der Waals surface area contributed by atoms with E-state index < -0.39 is 0 Å². The Labute approximate surface area is 92.8 Å². The van der Waals surface area contributed by atoms with Crippen LogP contribution in [-0.2, 0) is 0 Å². The van der Waals surface area contributed by atoms with Crippen LogP contribution in [0.4, 0.5) is 0 Å². The normalized spacial score (nSPS) is 42.8. The SMILES string of the molecule is C1CNCCN(C2CN3CCC2CC3)C1. The van der Waals surface area contributed by atoms with Crippen molar-refractivity contribution in [2.24, 2.45) is 5.92 Å². The van der Waals surface area contributed by atoms with E-state index in [1.807, 2.05) is 0 Å². The second-order valence-corrected chi connectivity index (χ2v) is 5.34. The van der Waals surface area contributed by atoms with Crippen molar-refractivity contribution >= 4 is 0 Å². The van der Waals surface area contributed by atoms with E-state index >= 15 is 0 Å². The zero-order chi connectivity index (χ0) is 10.1. The molecule has 3 heteroatoms. The highest BCUT2D eigenvalue weighted by Crippen LogP contribution is 2.30. The summed E-state index contributed by atoms with van der Waals surface area (Å²) in [5, 5.41) is 3.51. The van der Waals surface area contributed by atoms with Crippen LogP contribution in [0.2, 0.25) is 0 Å². The lowest BCUT2D eigenvalue weighted by Gasteiger charge is -2.49. The van der Waals surface area contributed by atoms with Gasteiger partial charge < -0.3 is 10.2 Å². The van der Waals surface area contributed by atoms with E-state index in [4.69, 9.17) is 0 Å². The third kappa shape index (κ3) is 2.05. The smallest absolute Gasteiger partial charge is 0.0252 e. The van der Waals surface area contributed by atoms with Crippen molar-refractivity contribution in [2.45, 2.75) is 25.3 Å². The van der Waals surface area contributed by atoms with Gasteiger partial charge in [-0.1, -0.05) is 0 Å². The molecular weight excluding hydrogens is 186 g/mol. The van der Waals surface area contributed by atoms with Crippen molar-refractivity contribution in [3.05, 3.63) is 0 Å². The minimum absolute atomic E-state index is 0.882. The highest BCUT2D eigenvalue weighted by atomic mass is 15.3. The van der Waals surface area contributed by atoms with Gasteiger partial charge in [0.15, 0.2) is 0 Å². The molecule has 0 aliphatic carbocycles. The zero-order valence-electron chi connectivity index (χ0n) is 9.62. The van der Waals surface area contributed by atoms with Crippen molar-refractivity contribution < 1.29 is 0 Å². The van der Waals surface area contributed by atoms with Gasteiger partial charge in [-0.2, -0.15) is 0 Å². The van der Waals surface area contributed by atoms with Crippen molar-refractivity contribution in [2.75, 3.05) is 45.8 Å².